The number of nitrogens with one attached hydrogen (secondary N) is 1. The van der Waals surface area contributed by atoms with Crippen LogP contribution in [0.3, 0.4) is 0 Å². The van der Waals surface area contributed by atoms with E-state index in [-0.39, 0.29) is 11.9 Å². The molecule has 1 N–H and O–H groups in total. The maximum absolute atomic E-state index is 12.4. The van der Waals surface area contributed by atoms with Crippen LogP contribution in [0.2, 0.25) is 0 Å². The molecule has 1 aliphatic rings. The number of para-hydroxylation sites is 1. The van der Waals surface area contributed by atoms with Crippen molar-refractivity contribution in [1.29, 1.82) is 0 Å². The van der Waals surface area contributed by atoms with Crippen molar-refractivity contribution in [2.75, 3.05) is 7.11 Å². The standard InChI is InChI=1S/C15H19Cl2NO2/c1-4-11(10-7-5-6-8-12(10)20-3)18-13(19)14(2)9-15(14,16)17/h5-8,11H,4,9H2,1-3H3,(H,18,19)/t11-,14+/m0/s1. The van der Waals surface area contributed by atoms with E-state index < -0.39 is 9.75 Å². The van der Waals surface area contributed by atoms with Crippen molar-refractivity contribution in [3.8, 4) is 5.75 Å². The summed E-state index contributed by atoms with van der Waals surface area (Å²) in [6.45, 7) is 3.80. The molecule has 1 amide bonds. The van der Waals surface area contributed by atoms with Crippen LogP contribution < -0.4 is 10.1 Å². The van der Waals surface area contributed by atoms with Gasteiger partial charge in [-0.05, 0) is 25.8 Å². The summed E-state index contributed by atoms with van der Waals surface area (Å²) in [7, 11) is 1.62. The van der Waals surface area contributed by atoms with Gasteiger partial charge >= 0.3 is 0 Å². The number of carbonyl (C=O) groups is 1. The molecule has 1 aromatic rings. The van der Waals surface area contributed by atoms with Crippen LogP contribution in [0.1, 0.15) is 38.3 Å². The number of methoxy groups -OCH3 is 1. The Morgan fingerprint density at radius 3 is 2.55 bits per heavy atom. The molecule has 2 rings (SSSR count). The van der Waals surface area contributed by atoms with E-state index in [1.807, 2.05) is 31.2 Å². The lowest BCUT2D eigenvalue weighted by Crippen LogP contribution is -2.36. The van der Waals surface area contributed by atoms with Crippen LogP contribution in [0.5, 0.6) is 5.75 Å². The Balaban J connectivity index is 2.16. The van der Waals surface area contributed by atoms with Gasteiger partial charge in [0, 0.05) is 5.56 Å². The van der Waals surface area contributed by atoms with E-state index in [9.17, 15) is 4.79 Å². The first kappa shape index (κ1) is 15.5. The summed E-state index contributed by atoms with van der Waals surface area (Å²) >= 11 is 12.1. The first-order valence-corrected chi connectivity index (χ1v) is 7.43. The largest absolute Gasteiger partial charge is 0.496 e. The van der Waals surface area contributed by atoms with Crippen molar-refractivity contribution < 1.29 is 9.53 Å². The lowest BCUT2D eigenvalue weighted by atomic mass is 10.0. The topological polar surface area (TPSA) is 38.3 Å². The van der Waals surface area contributed by atoms with E-state index in [1.165, 1.54) is 0 Å². The van der Waals surface area contributed by atoms with Crippen LogP contribution in [0.4, 0.5) is 0 Å². The summed E-state index contributed by atoms with van der Waals surface area (Å²) in [5, 5.41) is 3.03. The Morgan fingerprint density at radius 2 is 2.05 bits per heavy atom. The fourth-order valence-corrected chi connectivity index (χ4v) is 3.02. The van der Waals surface area contributed by atoms with E-state index in [0.29, 0.717) is 6.42 Å². The third-order valence-electron chi connectivity index (χ3n) is 3.99. The number of amides is 1. The Hall–Kier alpha value is -0.930. The number of halogens is 2. The fraction of sp³-hybridized carbons (Fsp3) is 0.533. The molecule has 1 aromatic carbocycles. The van der Waals surface area contributed by atoms with Crippen LogP contribution in [-0.2, 0) is 4.79 Å². The van der Waals surface area contributed by atoms with E-state index >= 15 is 0 Å². The maximum atomic E-state index is 12.4. The molecule has 0 saturated heterocycles. The minimum absolute atomic E-state index is 0.111. The van der Waals surface area contributed by atoms with E-state index in [1.54, 1.807) is 14.0 Å². The molecule has 0 spiro atoms. The molecule has 110 valence electrons. The number of ether oxygens (including phenoxy) is 1. The van der Waals surface area contributed by atoms with Gasteiger partial charge in [0.1, 0.15) is 10.1 Å². The second-order valence-corrected chi connectivity index (χ2v) is 6.87. The molecule has 0 bridgehead atoms. The summed E-state index contributed by atoms with van der Waals surface area (Å²) in [5.74, 6) is 0.656. The first-order valence-electron chi connectivity index (χ1n) is 6.67. The average Bonchev–Trinajstić information content (AvgIpc) is 2.96. The fourth-order valence-electron chi connectivity index (χ4n) is 2.32. The molecule has 1 saturated carbocycles. The van der Waals surface area contributed by atoms with Gasteiger partial charge in [0.05, 0.1) is 18.6 Å². The normalized spacial score (nSPS) is 24.9. The molecule has 0 aromatic heterocycles. The molecular weight excluding hydrogens is 297 g/mol. The van der Waals surface area contributed by atoms with Crippen molar-refractivity contribution in [3.05, 3.63) is 29.8 Å². The van der Waals surface area contributed by atoms with Gasteiger partial charge in [-0.15, -0.1) is 23.2 Å². The number of carbonyl (C=O) groups excluding carboxylic acids is 1. The zero-order valence-electron chi connectivity index (χ0n) is 11.9. The van der Waals surface area contributed by atoms with Crippen molar-refractivity contribution in [2.45, 2.75) is 37.1 Å². The van der Waals surface area contributed by atoms with Gasteiger partial charge in [-0.3, -0.25) is 4.79 Å². The van der Waals surface area contributed by atoms with Gasteiger partial charge in [0.25, 0.3) is 0 Å². The summed E-state index contributed by atoms with van der Waals surface area (Å²) in [5.41, 5.74) is 0.260. The third kappa shape index (κ3) is 2.61. The molecule has 1 fully saturated rings. The van der Waals surface area contributed by atoms with Crippen molar-refractivity contribution >= 4 is 29.1 Å². The van der Waals surface area contributed by atoms with Crippen molar-refractivity contribution in [3.63, 3.8) is 0 Å². The quantitative estimate of drug-likeness (QED) is 0.838. The molecule has 5 heteroatoms. The molecule has 1 aliphatic carbocycles. The van der Waals surface area contributed by atoms with Crippen molar-refractivity contribution in [1.82, 2.24) is 5.32 Å². The minimum Gasteiger partial charge on any atom is -0.496 e. The Bertz CT molecular complexity index is 518. The van der Waals surface area contributed by atoms with Crippen LogP contribution in [0.25, 0.3) is 0 Å². The molecule has 0 aliphatic heterocycles. The summed E-state index contributed by atoms with van der Waals surface area (Å²) in [4.78, 5) is 12.4. The highest BCUT2D eigenvalue weighted by Crippen LogP contribution is 2.64. The predicted molar refractivity (Wildman–Crippen MR) is 81.3 cm³/mol. The second-order valence-electron chi connectivity index (χ2n) is 5.39. The van der Waals surface area contributed by atoms with E-state index in [4.69, 9.17) is 27.9 Å². The zero-order valence-corrected chi connectivity index (χ0v) is 13.4. The Kier molecular flexibility index (Phi) is 4.22. The van der Waals surface area contributed by atoms with Gasteiger partial charge < -0.3 is 10.1 Å². The molecule has 0 radical (unpaired) electrons. The van der Waals surface area contributed by atoms with Gasteiger partial charge in [-0.1, -0.05) is 25.1 Å². The minimum atomic E-state index is -0.948. The van der Waals surface area contributed by atoms with Gasteiger partial charge in [0.15, 0.2) is 0 Å². The van der Waals surface area contributed by atoms with E-state index in [0.717, 1.165) is 17.7 Å². The molecule has 0 unspecified atom stereocenters. The SMILES string of the molecule is CC[C@H](NC(=O)[C@@]1(C)CC1(Cl)Cl)c1ccccc1OC. The van der Waals surface area contributed by atoms with Crippen molar-refractivity contribution in [2.24, 2.45) is 5.41 Å². The number of hydrogen-bond acceptors (Lipinski definition) is 2. The average molecular weight is 316 g/mol. The second kappa shape index (κ2) is 5.45. The monoisotopic (exact) mass is 315 g/mol. The third-order valence-corrected chi connectivity index (χ3v) is 5.09. The number of hydrogen-bond donors (Lipinski definition) is 1. The number of benzene rings is 1. The molecule has 20 heavy (non-hydrogen) atoms. The Labute approximate surface area is 129 Å². The molecular formula is C15H19Cl2NO2. The van der Waals surface area contributed by atoms with Crippen LogP contribution >= 0.6 is 23.2 Å². The highest BCUT2D eigenvalue weighted by molar-refractivity contribution is 6.53. The predicted octanol–water partition coefficient (Wildman–Crippen LogP) is 3.85. The number of alkyl halides is 2. The number of rotatable bonds is 5. The molecule has 0 heterocycles. The van der Waals surface area contributed by atoms with Crippen LogP contribution in [0.15, 0.2) is 24.3 Å². The van der Waals surface area contributed by atoms with Crippen LogP contribution in [0, 0.1) is 5.41 Å². The summed E-state index contributed by atoms with van der Waals surface area (Å²) in [6, 6.07) is 7.56. The molecule has 2 atom stereocenters. The summed E-state index contributed by atoms with van der Waals surface area (Å²) < 4.78 is 4.40. The molecule has 3 nitrogen and oxygen atoms in total. The van der Waals surface area contributed by atoms with E-state index in [2.05, 4.69) is 5.32 Å². The first-order chi connectivity index (χ1) is 9.35. The summed E-state index contributed by atoms with van der Waals surface area (Å²) in [6.07, 6.45) is 1.25. The zero-order chi connectivity index (χ0) is 15.0. The van der Waals surface area contributed by atoms with Gasteiger partial charge in [-0.2, -0.15) is 0 Å². The lowest BCUT2D eigenvalue weighted by Gasteiger charge is -2.22. The highest BCUT2D eigenvalue weighted by Gasteiger charge is 2.68. The highest BCUT2D eigenvalue weighted by atomic mass is 35.5. The maximum Gasteiger partial charge on any atom is 0.229 e. The van der Waals surface area contributed by atoms with Gasteiger partial charge in [0.2, 0.25) is 5.91 Å². The smallest absolute Gasteiger partial charge is 0.229 e. The van der Waals surface area contributed by atoms with Gasteiger partial charge in [-0.25, -0.2) is 0 Å². The van der Waals surface area contributed by atoms with Crippen LogP contribution in [-0.4, -0.2) is 17.4 Å². The Morgan fingerprint density at radius 1 is 1.45 bits per heavy atom. The lowest BCUT2D eigenvalue weighted by molar-refractivity contribution is -0.126.